The fraction of sp³-hybridized carbons (Fsp3) is 0.500. The third-order valence-corrected chi connectivity index (χ3v) is 1.58. The molecule has 0 aromatic carbocycles. The van der Waals surface area contributed by atoms with Gasteiger partial charge in [0.1, 0.15) is 0 Å². The lowest BCUT2D eigenvalue weighted by Crippen LogP contribution is -2.05. The number of aliphatic hydroxyl groups is 1. The summed E-state index contributed by atoms with van der Waals surface area (Å²) >= 11 is 0. The third kappa shape index (κ3) is 1.68. The SMILES string of the molecule is C[C@H](O)C1=CC=CCC1. The van der Waals surface area contributed by atoms with E-state index in [4.69, 9.17) is 5.11 Å². The zero-order chi connectivity index (χ0) is 6.69. The summed E-state index contributed by atoms with van der Waals surface area (Å²) in [4.78, 5) is 0. The van der Waals surface area contributed by atoms with Crippen LogP contribution in [0.5, 0.6) is 0 Å². The van der Waals surface area contributed by atoms with Crippen LogP contribution in [0.4, 0.5) is 0 Å². The van der Waals surface area contributed by atoms with Crippen LogP contribution in [0.3, 0.4) is 0 Å². The van der Waals surface area contributed by atoms with E-state index in [2.05, 4.69) is 6.08 Å². The molecule has 1 rings (SSSR count). The first-order valence-electron chi connectivity index (χ1n) is 3.34. The second-order valence-corrected chi connectivity index (χ2v) is 2.38. The van der Waals surface area contributed by atoms with E-state index in [9.17, 15) is 0 Å². The van der Waals surface area contributed by atoms with E-state index in [0.717, 1.165) is 18.4 Å². The zero-order valence-corrected chi connectivity index (χ0v) is 5.67. The van der Waals surface area contributed by atoms with Crippen LogP contribution in [-0.2, 0) is 0 Å². The summed E-state index contributed by atoms with van der Waals surface area (Å²) < 4.78 is 0. The lowest BCUT2D eigenvalue weighted by atomic mass is 10.0. The second-order valence-electron chi connectivity index (χ2n) is 2.38. The molecule has 0 aromatic heterocycles. The highest BCUT2D eigenvalue weighted by molar-refractivity contribution is 5.19. The third-order valence-electron chi connectivity index (χ3n) is 1.58. The van der Waals surface area contributed by atoms with Crippen molar-refractivity contribution >= 4 is 0 Å². The molecule has 0 aliphatic heterocycles. The van der Waals surface area contributed by atoms with Gasteiger partial charge >= 0.3 is 0 Å². The number of hydrogen-bond acceptors (Lipinski definition) is 1. The maximum absolute atomic E-state index is 9.07. The van der Waals surface area contributed by atoms with E-state index in [1.165, 1.54) is 0 Å². The van der Waals surface area contributed by atoms with Gasteiger partial charge < -0.3 is 5.11 Å². The summed E-state index contributed by atoms with van der Waals surface area (Å²) in [5.74, 6) is 0. The molecule has 0 fully saturated rings. The minimum absolute atomic E-state index is 0.255. The molecule has 1 aliphatic carbocycles. The van der Waals surface area contributed by atoms with Crippen molar-refractivity contribution in [3.8, 4) is 0 Å². The topological polar surface area (TPSA) is 20.2 Å². The predicted molar refractivity (Wildman–Crippen MR) is 38.1 cm³/mol. The zero-order valence-electron chi connectivity index (χ0n) is 5.67. The Morgan fingerprint density at radius 3 is 2.78 bits per heavy atom. The van der Waals surface area contributed by atoms with E-state index in [1.807, 2.05) is 19.1 Å². The van der Waals surface area contributed by atoms with Crippen LogP contribution in [0.25, 0.3) is 0 Å². The van der Waals surface area contributed by atoms with Crippen molar-refractivity contribution in [1.82, 2.24) is 0 Å². The standard InChI is InChI=1S/C8H12O/c1-7(9)8-5-3-2-4-6-8/h2-3,5,7,9H,4,6H2,1H3/t7-/m0/s1. The molecule has 1 nitrogen and oxygen atoms in total. The van der Waals surface area contributed by atoms with E-state index < -0.39 is 0 Å². The Hall–Kier alpha value is -0.560. The Bertz CT molecular complexity index is 143. The minimum atomic E-state index is -0.255. The summed E-state index contributed by atoms with van der Waals surface area (Å²) in [5.41, 5.74) is 1.15. The highest BCUT2D eigenvalue weighted by Crippen LogP contribution is 2.14. The highest BCUT2D eigenvalue weighted by atomic mass is 16.3. The minimum Gasteiger partial charge on any atom is -0.389 e. The number of allylic oxidation sites excluding steroid dienone is 3. The monoisotopic (exact) mass is 124 g/mol. The van der Waals surface area contributed by atoms with Gasteiger partial charge in [-0.2, -0.15) is 0 Å². The van der Waals surface area contributed by atoms with Gasteiger partial charge in [0.05, 0.1) is 6.10 Å². The van der Waals surface area contributed by atoms with E-state index in [-0.39, 0.29) is 6.10 Å². The second kappa shape index (κ2) is 2.83. The van der Waals surface area contributed by atoms with E-state index in [1.54, 1.807) is 0 Å². The number of rotatable bonds is 1. The van der Waals surface area contributed by atoms with Gasteiger partial charge in [-0.1, -0.05) is 18.2 Å². The van der Waals surface area contributed by atoms with Crippen molar-refractivity contribution in [3.05, 3.63) is 23.8 Å². The van der Waals surface area contributed by atoms with Gasteiger partial charge in [-0.3, -0.25) is 0 Å². The molecule has 50 valence electrons. The molecule has 1 atom stereocenters. The molecule has 1 aliphatic rings. The van der Waals surface area contributed by atoms with Gasteiger partial charge in [-0.15, -0.1) is 0 Å². The van der Waals surface area contributed by atoms with Crippen molar-refractivity contribution in [2.45, 2.75) is 25.9 Å². The van der Waals surface area contributed by atoms with Crippen LogP contribution in [0.1, 0.15) is 19.8 Å². The van der Waals surface area contributed by atoms with Gasteiger partial charge in [-0.25, -0.2) is 0 Å². The molecule has 0 aromatic rings. The molecule has 1 N–H and O–H groups in total. The Kier molecular flexibility index (Phi) is 2.06. The largest absolute Gasteiger partial charge is 0.389 e. The molecule has 0 radical (unpaired) electrons. The molecular weight excluding hydrogens is 112 g/mol. The first-order chi connectivity index (χ1) is 4.30. The van der Waals surface area contributed by atoms with Crippen LogP contribution in [0.15, 0.2) is 23.8 Å². The number of hydrogen-bond donors (Lipinski definition) is 1. The first kappa shape index (κ1) is 6.56. The molecule has 0 saturated carbocycles. The molecule has 9 heavy (non-hydrogen) atoms. The molecular formula is C8H12O. The van der Waals surface area contributed by atoms with Crippen molar-refractivity contribution in [2.75, 3.05) is 0 Å². The highest BCUT2D eigenvalue weighted by Gasteiger charge is 2.03. The van der Waals surface area contributed by atoms with Gasteiger partial charge in [0.15, 0.2) is 0 Å². The Balaban J connectivity index is 2.57. The molecule has 0 saturated heterocycles. The van der Waals surface area contributed by atoms with Gasteiger partial charge in [0.2, 0.25) is 0 Å². The quantitative estimate of drug-likeness (QED) is 0.563. The molecule has 0 heterocycles. The normalized spacial score (nSPS) is 21.3. The average Bonchev–Trinajstić information content (AvgIpc) is 1.90. The number of aliphatic hydroxyl groups excluding tert-OH is 1. The van der Waals surface area contributed by atoms with Crippen LogP contribution in [-0.4, -0.2) is 11.2 Å². The summed E-state index contributed by atoms with van der Waals surface area (Å²) in [5, 5.41) is 9.07. The fourth-order valence-electron chi connectivity index (χ4n) is 0.969. The molecule has 0 unspecified atom stereocenters. The van der Waals surface area contributed by atoms with Crippen molar-refractivity contribution < 1.29 is 5.11 Å². The summed E-state index contributed by atoms with van der Waals surface area (Å²) in [7, 11) is 0. The molecule has 0 bridgehead atoms. The Morgan fingerprint density at radius 1 is 1.67 bits per heavy atom. The maximum Gasteiger partial charge on any atom is 0.0725 e. The first-order valence-corrected chi connectivity index (χ1v) is 3.34. The lowest BCUT2D eigenvalue weighted by molar-refractivity contribution is 0.227. The van der Waals surface area contributed by atoms with Crippen molar-refractivity contribution in [1.29, 1.82) is 0 Å². The molecule has 0 amide bonds. The predicted octanol–water partition coefficient (Wildman–Crippen LogP) is 1.64. The van der Waals surface area contributed by atoms with Gasteiger partial charge in [-0.05, 0) is 25.3 Å². The molecule has 0 spiro atoms. The Labute approximate surface area is 55.7 Å². The fourth-order valence-corrected chi connectivity index (χ4v) is 0.969. The summed E-state index contributed by atoms with van der Waals surface area (Å²) in [6.07, 6.45) is 7.96. The van der Waals surface area contributed by atoms with Crippen LogP contribution < -0.4 is 0 Å². The van der Waals surface area contributed by atoms with E-state index in [0.29, 0.717) is 0 Å². The van der Waals surface area contributed by atoms with Crippen molar-refractivity contribution in [3.63, 3.8) is 0 Å². The molecule has 1 heteroatoms. The Morgan fingerprint density at radius 2 is 2.44 bits per heavy atom. The van der Waals surface area contributed by atoms with Gasteiger partial charge in [0.25, 0.3) is 0 Å². The average molecular weight is 124 g/mol. The van der Waals surface area contributed by atoms with Gasteiger partial charge in [0, 0.05) is 0 Å². The van der Waals surface area contributed by atoms with E-state index >= 15 is 0 Å². The smallest absolute Gasteiger partial charge is 0.0725 e. The lowest BCUT2D eigenvalue weighted by Gasteiger charge is -2.10. The van der Waals surface area contributed by atoms with Crippen LogP contribution >= 0.6 is 0 Å². The summed E-state index contributed by atoms with van der Waals surface area (Å²) in [6, 6.07) is 0. The summed E-state index contributed by atoms with van der Waals surface area (Å²) in [6.45, 7) is 1.81. The van der Waals surface area contributed by atoms with Crippen LogP contribution in [0, 0.1) is 0 Å². The maximum atomic E-state index is 9.07. The van der Waals surface area contributed by atoms with Crippen molar-refractivity contribution in [2.24, 2.45) is 0 Å². The van der Waals surface area contributed by atoms with Crippen LogP contribution in [0.2, 0.25) is 0 Å².